The van der Waals surface area contributed by atoms with E-state index in [1.54, 1.807) is 30.3 Å². The molecule has 2 aromatic rings. The SMILES string of the molecule is CCCC(=O)Nc1cccc(CNC(=O)C(O)c2ccccc2)c1. The number of hydrogen-bond donors (Lipinski definition) is 3. The topological polar surface area (TPSA) is 78.4 Å². The fourth-order valence-electron chi connectivity index (χ4n) is 2.28. The molecule has 2 rings (SSSR count). The summed E-state index contributed by atoms with van der Waals surface area (Å²) in [6.45, 7) is 2.23. The van der Waals surface area contributed by atoms with Crippen molar-refractivity contribution in [3.05, 3.63) is 65.7 Å². The standard InChI is InChI=1S/C19H22N2O3/c1-2-7-17(22)21-16-11-6-8-14(12-16)13-20-19(24)18(23)15-9-4-3-5-10-15/h3-6,8-12,18,23H,2,7,13H2,1H3,(H,20,24)(H,21,22). The number of amides is 2. The summed E-state index contributed by atoms with van der Waals surface area (Å²) in [6.07, 6.45) is 0.0713. The number of aliphatic hydroxyl groups excluding tert-OH is 1. The molecular weight excluding hydrogens is 304 g/mol. The van der Waals surface area contributed by atoms with Gasteiger partial charge in [-0.05, 0) is 29.7 Å². The van der Waals surface area contributed by atoms with Gasteiger partial charge in [0.15, 0.2) is 6.10 Å². The van der Waals surface area contributed by atoms with Gasteiger partial charge in [-0.2, -0.15) is 0 Å². The Hall–Kier alpha value is -2.66. The zero-order valence-electron chi connectivity index (χ0n) is 13.7. The first-order valence-corrected chi connectivity index (χ1v) is 7.99. The average Bonchev–Trinajstić information content (AvgIpc) is 2.60. The molecule has 0 saturated heterocycles. The lowest BCUT2D eigenvalue weighted by atomic mass is 10.1. The van der Waals surface area contributed by atoms with Crippen molar-refractivity contribution in [3.8, 4) is 0 Å². The lowest BCUT2D eigenvalue weighted by molar-refractivity contribution is -0.129. The fourth-order valence-corrected chi connectivity index (χ4v) is 2.28. The summed E-state index contributed by atoms with van der Waals surface area (Å²) in [4.78, 5) is 23.7. The van der Waals surface area contributed by atoms with Crippen molar-refractivity contribution < 1.29 is 14.7 Å². The predicted molar refractivity (Wildman–Crippen MR) is 93.2 cm³/mol. The maximum absolute atomic E-state index is 12.0. The zero-order valence-corrected chi connectivity index (χ0v) is 13.7. The third-order valence-corrected chi connectivity index (χ3v) is 3.52. The second-order valence-electron chi connectivity index (χ2n) is 5.53. The van der Waals surface area contributed by atoms with Crippen molar-refractivity contribution in [2.24, 2.45) is 0 Å². The normalized spacial score (nSPS) is 11.6. The first-order chi connectivity index (χ1) is 11.6. The summed E-state index contributed by atoms with van der Waals surface area (Å²) in [7, 11) is 0. The van der Waals surface area contributed by atoms with Crippen LogP contribution in [0, 0.1) is 0 Å². The van der Waals surface area contributed by atoms with Gasteiger partial charge in [-0.3, -0.25) is 9.59 Å². The van der Waals surface area contributed by atoms with Crippen molar-refractivity contribution in [3.63, 3.8) is 0 Å². The summed E-state index contributed by atoms with van der Waals surface area (Å²) in [5, 5.41) is 15.6. The molecule has 24 heavy (non-hydrogen) atoms. The lowest BCUT2D eigenvalue weighted by Gasteiger charge is -2.12. The van der Waals surface area contributed by atoms with Crippen molar-refractivity contribution in [1.29, 1.82) is 0 Å². The van der Waals surface area contributed by atoms with Crippen molar-refractivity contribution in [2.45, 2.75) is 32.4 Å². The van der Waals surface area contributed by atoms with Crippen LogP contribution in [-0.2, 0) is 16.1 Å². The van der Waals surface area contributed by atoms with Gasteiger partial charge in [0.25, 0.3) is 5.91 Å². The van der Waals surface area contributed by atoms with E-state index in [0.29, 0.717) is 17.7 Å². The number of carbonyl (C=O) groups is 2. The van der Waals surface area contributed by atoms with Crippen LogP contribution in [0.2, 0.25) is 0 Å². The first kappa shape index (κ1) is 17.7. The first-order valence-electron chi connectivity index (χ1n) is 7.99. The van der Waals surface area contributed by atoms with Crippen LogP contribution in [-0.4, -0.2) is 16.9 Å². The van der Waals surface area contributed by atoms with Crippen molar-refractivity contribution >= 4 is 17.5 Å². The zero-order chi connectivity index (χ0) is 17.4. The van der Waals surface area contributed by atoms with Gasteiger partial charge in [-0.25, -0.2) is 0 Å². The highest BCUT2D eigenvalue weighted by Crippen LogP contribution is 2.14. The number of nitrogens with one attached hydrogen (secondary N) is 2. The predicted octanol–water partition coefficient (Wildman–Crippen LogP) is 2.78. The maximum atomic E-state index is 12.0. The molecule has 0 fully saturated rings. The molecule has 0 heterocycles. The van der Waals surface area contributed by atoms with E-state index in [4.69, 9.17) is 0 Å². The minimum atomic E-state index is -1.20. The molecule has 0 bridgehead atoms. The van der Waals surface area contributed by atoms with E-state index in [9.17, 15) is 14.7 Å². The van der Waals surface area contributed by atoms with E-state index < -0.39 is 12.0 Å². The molecule has 0 aromatic heterocycles. The van der Waals surface area contributed by atoms with Gasteiger partial charge in [0, 0.05) is 18.7 Å². The molecule has 2 amide bonds. The summed E-state index contributed by atoms with van der Waals surface area (Å²) in [5.41, 5.74) is 2.09. The third kappa shape index (κ3) is 5.21. The molecule has 3 N–H and O–H groups in total. The Morgan fingerprint density at radius 3 is 2.54 bits per heavy atom. The Morgan fingerprint density at radius 1 is 1.08 bits per heavy atom. The average molecular weight is 326 g/mol. The van der Waals surface area contributed by atoms with Crippen LogP contribution in [0.1, 0.15) is 37.0 Å². The van der Waals surface area contributed by atoms with E-state index >= 15 is 0 Å². The molecule has 0 aliphatic heterocycles. The molecule has 0 spiro atoms. The highest BCUT2D eigenvalue weighted by Gasteiger charge is 2.16. The van der Waals surface area contributed by atoms with E-state index in [2.05, 4.69) is 10.6 Å². The highest BCUT2D eigenvalue weighted by atomic mass is 16.3. The minimum Gasteiger partial charge on any atom is -0.378 e. The van der Waals surface area contributed by atoms with Crippen LogP contribution in [0.15, 0.2) is 54.6 Å². The Balaban J connectivity index is 1.92. The third-order valence-electron chi connectivity index (χ3n) is 3.52. The minimum absolute atomic E-state index is 0.0295. The van der Waals surface area contributed by atoms with E-state index in [0.717, 1.165) is 12.0 Å². The number of benzene rings is 2. The quantitative estimate of drug-likeness (QED) is 0.732. The van der Waals surface area contributed by atoms with Gasteiger partial charge in [0.05, 0.1) is 0 Å². The van der Waals surface area contributed by atoms with Crippen LogP contribution in [0.4, 0.5) is 5.69 Å². The second kappa shape index (κ2) is 8.84. The van der Waals surface area contributed by atoms with Gasteiger partial charge in [0.1, 0.15) is 0 Å². The van der Waals surface area contributed by atoms with Crippen LogP contribution in [0.3, 0.4) is 0 Å². The smallest absolute Gasteiger partial charge is 0.253 e. The molecular formula is C19H22N2O3. The summed E-state index contributed by atoms with van der Waals surface area (Å²) < 4.78 is 0. The Labute approximate surface area is 141 Å². The molecule has 0 radical (unpaired) electrons. The lowest BCUT2D eigenvalue weighted by Crippen LogP contribution is -2.28. The van der Waals surface area contributed by atoms with E-state index in [1.807, 2.05) is 31.2 Å². The molecule has 0 aliphatic carbocycles. The summed E-state index contributed by atoms with van der Waals surface area (Å²) >= 11 is 0. The van der Waals surface area contributed by atoms with E-state index in [1.165, 1.54) is 0 Å². The Bertz CT molecular complexity index is 686. The maximum Gasteiger partial charge on any atom is 0.253 e. The number of aliphatic hydroxyl groups is 1. The van der Waals surface area contributed by atoms with Crippen LogP contribution in [0.5, 0.6) is 0 Å². The molecule has 0 saturated carbocycles. The molecule has 1 atom stereocenters. The largest absolute Gasteiger partial charge is 0.378 e. The fraction of sp³-hybridized carbons (Fsp3) is 0.263. The van der Waals surface area contributed by atoms with Crippen LogP contribution in [0.25, 0.3) is 0 Å². The molecule has 5 heteroatoms. The number of rotatable bonds is 7. The van der Waals surface area contributed by atoms with Crippen molar-refractivity contribution in [1.82, 2.24) is 5.32 Å². The van der Waals surface area contributed by atoms with Gasteiger partial charge >= 0.3 is 0 Å². The Kier molecular flexibility index (Phi) is 6.51. The number of anilines is 1. The molecule has 1 unspecified atom stereocenters. The Morgan fingerprint density at radius 2 is 1.83 bits per heavy atom. The number of carbonyl (C=O) groups excluding carboxylic acids is 2. The van der Waals surface area contributed by atoms with Gasteiger partial charge in [-0.1, -0.05) is 49.4 Å². The number of hydrogen-bond acceptors (Lipinski definition) is 3. The monoisotopic (exact) mass is 326 g/mol. The molecule has 5 nitrogen and oxygen atoms in total. The van der Waals surface area contributed by atoms with Crippen LogP contribution < -0.4 is 10.6 Å². The van der Waals surface area contributed by atoms with E-state index in [-0.39, 0.29) is 12.5 Å². The molecule has 2 aromatic carbocycles. The summed E-state index contributed by atoms with van der Waals surface area (Å²) in [5.74, 6) is -0.486. The van der Waals surface area contributed by atoms with Gasteiger partial charge in [0.2, 0.25) is 5.91 Å². The van der Waals surface area contributed by atoms with Crippen molar-refractivity contribution in [2.75, 3.05) is 5.32 Å². The van der Waals surface area contributed by atoms with Gasteiger partial charge < -0.3 is 15.7 Å². The molecule has 126 valence electrons. The highest BCUT2D eigenvalue weighted by molar-refractivity contribution is 5.90. The second-order valence-corrected chi connectivity index (χ2v) is 5.53. The molecule has 0 aliphatic rings. The summed E-state index contributed by atoms with van der Waals surface area (Å²) in [6, 6.07) is 16.1. The van der Waals surface area contributed by atoms with Gasteiger partial charge in [-0.15, -0.1) is 0 Å². The van der Waals surface area contributed by atoms with Crippen LogP contribution >= 0.6 is 0 Å².